The Bertz CT molecular complexity index is 799. The lowest BCUT2D eigenvalue weighted by molar-refractivity contribution is -0.0102. The van der Waals surface area contributed by atoms with Crippen LogP contribution in [0.5, 0.6) is 0 Å². The summed E-state index contributed by atoms with van der Waals surface area (Å²) in [4.78, 5) is 19.1. The molecule has 0 atom stereocenters. The first-order chi connectivity index (χ1) is 12.4. The van der Waals surface area contributed by atoms with E-state index in [0.29, 0.717) is 34.5 Å². The first kappa shape index (κ1) is 18.8. The second-order valence-electron chi connectivity index (χ2n) is 6.45. The highest BCUT2D eigenvalue weighted by Gasteiger charge is 2.33. The SMILES string of the molecule is Cc1c(Br)cnc(N2CCCC(F)(F)CC2)c1C(=O)Nc1ccccc1. The first-order valence-corrected chi connectivity index (χ1v) is 9.31. The summed E-state index contributed by atoms with van der Waals surface area (Å²) in [6.07, 6.45) is 1.62. The summed E-state index contributed by atoms with van der Waals surface area (Å²) in [5.74, 6) is -2.50. The number of carbonyl (C=O) groups excluding carboxylic acids is 1. The summed E-state index contributed by atoms with van der Waals surface area (Å²) in [5.41, 5.74) is 1.82. The van der Waals surface area contributed by atoms with Crippen LogP contribution in [0.1, 0.15) is 35.2 Å². The molecule has 0 saturated carbocycles. The molecule has 1 amide bonds. The molecule has 0 aliphatic carbocycles. The van der Waals surface area contributed by atoms with Crippen LogP contribution >= 0.6 is 15.9 Å². The van der Waals surface area contributed by atoms with Crippen LogP contribution < -0.4 is 10.2 Å². The molecule has 138 valence electrons. The number of pyridine rings is 1. The number of carbonyl (C=O) groups is 1. The van der Waals surface area contributed by atoms with Gasteiger partial charge < -0.3 is 10.2 Å². The molecule has 1 saturated heterocycles. The van der Waals surface area contributed by atoms with Crippen molar-refractivity contribution in [2.24, 2.45) is 0 Å². The number of amides is 1. The Hall–Kier alpha value is -2.02. The van der Waals surface area contributed by atoms with Gasteiger partial charge in [-0.3, -0.25) is 4.79 Å². The summed E-state index contributed by atoms with van der Waals surface area (Å²) in [6, 6.07) is 9.12. The molecule has 1 N–H and O–H groups in total. The van der Waals surface area contributed by atoms with E-state index in [4.69, 9.17) is 0 Å². The van der Waals surface area contributed by atoms with Crippen molar-refractivity contribution in [3.63, 3.8) is 0 Å². The van der Waals surface area contributed by atoms with Crippen LogP contribution in [0.25, 0.3) is 0 Å². The van der Waals surface area contributed by atoms with Gasteiger partial charge in [0.1, 0.15) is 5.82 Å². The van der Waals surface area contributed by atoms with Gasteiger partial charge in [0.2, 0.25) is 5.92 Å². The normalized spacial score (nSPS) is 16.8. The van der Waals surface area contributed by atoms with E-state index >= 15 is 0 Å². The lowest BCUT2D eigenvalue weighted by atomic mass is 10.1. The van der Waals surface area contributed by atoms with Crippen LogP contribution in [0.3, 0.4) is 0 Å². The van der Waals surface area contributed by atoms with Gasteiger partial charge in [0.15, 0.2) is 0 Å². The lowest BCUT2D eigenvalue weighted by Crippen LogP contribution is -2.30. The van der Waals surface area contributed by atoms with Crippen LogP contribution in [-0.2, 0) is 0 Å². The first-order valence-electron chi connectivity index (χ1n) is 8.52. The predicted molar refractivity (Wildman–Crippen MR) is 102 cm³/mol. The second-order valence-corrected chi connectivity index (χ2v) is 7.30. The van der Waals surface area contributed by atoms with E-state index in [1.807, 2.05) is 25.1 Å². The van der Waals surface area contributed by atoms with Gasteiger partial charge in [0.05, 0.1) is 5.56 Å². The Morgan fingerprint density at radius 3 is 2.69 bits per heavy atom. The van der Waals surface area contributed by atoms with Gasteiger partial charge in [-0.15, -0.1) is 0 Å². The van der Waals surface area contributed by atoms with Crippen molar-refractivity contribution in [2.45, 2.75) is 32.1 Å². The van der Waals surface area contributed by atoms with Gasteiger partial charge in [-0.2, -0.15) is 0 Å². The summed E-state index contributed by atoms with van der Waals surface area (Å²) in [6.45, 7) is 2.45. The molecule has 0 spiro atoms. The minimum atomic E-state index is -2.66. The number of alkyl halides is 2. The Kier molecular flexibility index (Phi) is 5.55. The average molecular weight is 424 g/mol. The highest BCUT2D eigenvalue weighted by molar-refractivity contribution is 9.10. The molecule has 0 bridgehead atoms. The van der Waals surface area contributed by atoms with Gasteiger partial charge in [0.25, 0.3) is 5.91 Å². The molecule has 1 aromatic carbocycles. The van der Waals surface area contributed by atoms with Crippen molar-refractivity contribution in [1.29, 1.82) is 0 Å². The third-order valence-electron chi connectivity index (χ3n) is 4.53. The molecule has 1 fully saturated rings. The van der Waals surface area contributed by atoms with Gasteiger partial charge in [-0.1, -0.05) is 18.2 Å². The topological polar surface area (TPSA) is 45.2 Å². The molecule has 4 nitrogen and oxygen atoms in total. The number of aromatic nitrogens is 1. The van der Waals surface area contributed by atoms with Crippen LogP contribution in [0.15, 0.2) is 41.0 Å². The number of anilines is 2. The fourth-order valence-electron chi connectivity index (χ4n) is 3.07. The van der Waals surface area contributed by atoms with E-state index in [0.717, 1.165) is 5.56 Å². The summed E-state index contributed by atoms with van der Waals surface area (Å²) in [5, 5.41) is 2.86. The number of nitrogens with one attached hydrogen (secondary N) is 1. The number of hydrogen-bond donors (Lipinski definition) is 1. The maximum Gasteiger partial charge on any atom is 0.259 e. The van der Waals surface area contributed by atoms with Crippen LogP contribution in [0.4, 0.5) is 20.3 Å². The lowest BCUT2D eigenvalue weighted by Gasteiger charge is -2.25. The maximum absolute atomic E-state index is 13.7. The molecule has 1 aromatic heterocycles. The van der Waals surface area contributed by atoms with Crippen LogP contribution in [-0.4, -0.2) is 29.9 Å². The molecular formula is C19H20BrF2N3O. The van der Waals surface area contributed by atoms with Crippen molar-refractivity contribution < 1.29 is 13.6 Å². The van der Waals surface area contributed by atoms with Gasteiger partial charge in [-0.25, -0.2) is 13.8 Å². The van der Waals surface area contributed by atoms with Gasteiger partial charge >= 0.3 is 0 Å². The number of halogens is 3. The molecule has 1 aliphatic heterocycles. The third kappa shape index (κ3) is 4.20. The highest BCUT2D eigenvalue weighted by atomic mass is 79.9. The smallest absolute Gasteiger partial charge is 0.259 e. The Balaban J connectivity index is 1.93. The Morgan fingerprint density at radius 2 is 1.96 bits per heavy atom. The second kappa shape index (κ2) is 7.70. The van der Waals surface area contributed by atoms with Crippen molar-refractivity contribution in [3.05, 3.63) is 52.1 Å². The van der Waals surface area contributed by atoms with E-state index in [9.17, 15) is 13.6 Å². The molecule has 26 heavy (non-hydrogen) atoms. The van der Waals surface area contributed by atoms with Crippen molar-refractivity contribution >= 4 is 33.3 Å². The quantitative estimate of drug-likeness (QED) is 0.752. The minimum absolute atomic E-state index is 0.134. The largest absolute Gasteiger partial charge is 0.356 e. The molecule has 1 aliphatic rings. The molecule has 0 radical (unpaired) electrons. The number of benzene rings is 1. The number of rotatable bonds is 3. The van der Waals surface area contributed by atoms with Crippen LogP contribution in [0.2, 0.25) is 0 Å². The van der Waals surface area contributed by atoms with Crippen LogP contribution in [0, 0.1) is 6.92 Å². The summed E-state index contributed by atoms with van der Waals surface area (Å²) in [7, 11) is 0. The van der Waals surface area contributed by atoms with E-state index in [-0.39, 0.29) is 25.3 Å². The van der Waals surface area contributed by atoms with E-state index in [2.05, 4.69) is 26.2 Å². The zero-order valence-electron chi connectivity index (χ0n) is 14.4. The van der Waals surface area contributed by atoms with Crippen molar-refractivity contribution in [2.75, 3.05) is 23.3 Å². The van der Waals surface area contributed by atoms with Gasteiger partial charge in [-0.05, 0) is 47.0 Å². The number of para-hydroxylation sites is 1. The Labute approximate surface area is 159 Å². The highest BCUT2D eigenvalue weighted by Crippen LogP contribution is 2.33. The third-order valence-corrected chi connectivity index (χ3v) is 5.33. The summed E-state index contributed by atoms with van der Waals surface area (Å²) < 4.78 is 28.1. The molecule has 0 unspecified atom stereocenters. The standard InChI is InChI=1S/C19H20BrF2N3O/c1-13-15(20)12-23-17(25-10-5-8-19(21,22)9-11-25)16(13)18(26)24-14-6-3-2-4-7-14/h2-4,6-7,12H,5,8-11H2,1H3,(H,24,26). The van der Waals surface area contributed by atoms with E-state index in [1.165, 1.54) is 0 Å². The maximum atomic E-state index is 13.7. The van der Waals surface area contributed by atoms with Crippen molar-refractivity contribution in [1.82, 2.24) is 4.98 Å². The zero-order valence-corrected chi connectivity index (χ0v) is 16.0. The minimum Gasteiger partial charge on any atom is -0.356 e. The monoisotopic (exact) mass is 423 g/mol. The Morgan fingerprint density at radius 1 is 1.23 bits per heavy atom. The van der Waals surface area contributed by atoms with E-state index in [1.54, 1.807) is 23.2 Å². The number of nitrogens with zero attached hydrogens (tertiary/aromatic N) is 2. The van der Waals surface area contributed by atoms with Crippen molar-refractivity contribution in [3.8, 4) is 0 Å². The average Bonchev–Trinajstić information content (AvgIpc) is 2.78. The fourth-order valence-corrected chi connectivity index (χ4v) is 3.37. The molecule has 2 aromatic rings. The molecular weight excluding hydrogens is 404 g/mol. The molecule has 2 heterocycles. The fraction of sp³-hybridized carbons (Fsp3) is 0.368. The summed E-state index contributed by atoms with van der Waals surface area (Å²) >= 11 is 3.41. The predicted octanol–water partition coefficient (Wildman–Crippen LogP) is 5.03. The van der Waals surface area contributed by atoms with E-state index < -0.39 is 5.92 Å². The zero-order chi connectivity index (χ0) is 18.7. The number of hydrogen-bond acceptors (Lipinski definition) is 3. The van der Waals surface area contributed by atoms with Gasteiger partial charge in [0, 0.05) is 42.3 Å². The molecule has 7 heteroatoms. The molecule has 3 rings (SSSR count).